The van der Waals surface area contributed by atoms with E-state index in [2.05, 4.69) is 70.9 Å². The summed E-state index contributed by atoms with van der Waals surface area (Å²) in [5, 5.41) is 6.10. The molecular weight excluding hydrogens is 446 g/mol. The molecule has 0 unspecified atom stereocenters. The van der Waals surface area contributed by atoms with Crippen molar-refractivity contribution in [2.75, 3.05) is 14.2 Å². The summed E-state index contributed by atoms with van der Waals surface area (Å²) in [6.07, 6.45) is 0. The molecule has 1 aliphatic rings. The van der Waals surface area contributed by atoms with E-state index in [0.29, 0.717) is 13.1 Å². The third-order valence-electron chi connectivity index (χ3n) is 6.07. The first-order valence-corrected chi connectivity index (χ1v) is 11.1. The molecule has 5 nitrogen and oxygen atoms in total. The first-order valence-electron chi connectivity index (χ1n) is 11.1. The molecule has 0 saturated heterocycles. The summed E-state index contributed by atoms with van der Waals surface area (Å²) < 4.78 is 11.3. The maximum atomic E-state index is 5.64. The van der Waals surface area contributed by atoms with Gasteiger partial charge in [0.15, 0.2) is 5.96 Å². The summed E-state index contributed by atoms with van der Waals surface area (Å²) in [4.78, 5) is 7.22. The van der Waals surface area contributed by atoms with Gasteiger partial charge in [0.1, 0.15) is 11.5 Å². The number of aliphatic imine (C=N–C) groups is 1. The smallest absolute Gasteiger partial charge is 0.200 e. The second kappa shape index (κ2) is 10.5. The summed E-state index contributed by atoms with van der Waals surface area (Å²) in [7, 11) is 3.38. The van der Waals surface area contributed by atoms with Gasteiger partial charge >= 0.3 is 0 Å². The van der Waals surface area contributed by atoms with Crippen molar-refractivity contribution in [2.24, 2.45) is 4.99 Å². The molecule has 0 radical (unpaired) electrons. The van der Waals surface area contributed by atoms with Gasteiger partial charge in [0.2, 0.25) is 0 Å². The van der Waals surface area contributed by atoms with Crippen LogP contribution in [0.25, 0.3) is 10.8 Å². The van der Waals surface area contributed by atoms with Crippen LogP contribution in [0.5, 0.6) is 11.5 Å². The zero-order chi connectivity index (χ0) is 22.6. The fourth-order valence-corrected chi connectivity index (χ4v) is 4.40. The minimum absolute atomic E-state index is 0. The number of halogens is 1. The zero-order valence-corrected chi connectivity index (χ0v) is 20.1. The zero-order valence-electron chi connectivity index (χ0n) is 19.3. The largest absolute Gasteiger partial charge is 0.496 e. The Balaban J connectivity index is 0.00000274. The number of methoxy groups -OCH3 is 2. The standard InChI is InChI=1S/C28H27N3O2.ClH/c1-32-26-15-8-16-27(33-2)24(26)19-31-18-22-10-4-6-14-25(22)30-28(31)29-17-21-12-7-11-20-9-3-5-13-23(20)21;/h3-16H,17-19H2,1-2H3,(H,29,30);1H. The van der Waals surface area contributed by atoms with E-state index in [9.17, 15) is 0 Å². The Morgan fingerprint density at radius 1 is 0.824 bits per heavy atom. The van der Waals surface area contributed by atoms with Crippen LogP contribution in [0.1, 0.15) is 16.7 Å². The molecule has 1 aliphatic heterocycles. The summed E-state index contributed by atoms with van der Waals surface area (Å²) in [6, 6.07) is 29.1. The van der Waals surface area contributed by atoms with Crippen LogP contribution in [-0.2, 0) is 19.6 Å². The topological polar surface area (TPSA) is 46.1 Å². The molecule has 4 aromatic rings. The van der Waals surface area contributed by atoms with Crippen LogP contribution in [0.4, 0.5) is 5.69 Å². The van der Waals surface area contributed by atoms with Crippen molar-refractivity contribution in [3.8, 4) is 11.5 Å². The third-order valence-corrected chi connectivity index (χ3v) is 6.07. The number of rotatable bonds is 6. The quantitative estimate of drug-likeness (QED) is 0.369. The highest BCUT2D eigenvalue weighted by Gasteiger charge is 2.23. The van der Waals surface area contributed by atoms with Crippen LogP contribution < -0.4 is 14.8 Å². The van der Waals surface area contributed by atoms with E-state index in [-0.39, 0.29) is 12.4 Å². The van der Waals surface area contributed by atoms with Crippen LogP contribution in [0.3, 0.4) is 0 Å². The minimum atomic E-state index is 0. The van der Waals surface area contributed by atoms with Gasteiger partial charge in [-0.3, -0.25) is 0 Å². The Morgan fingerprint density at radius 3 is 2.29 bits per heavy atom. The van der Waals surface area contributed by atoms with Crippen molar-refractivity contribution in [2.45, 2.75) is 19.6 Å². The molecule has 5 rings (SSSR count). The van der Waals surface area contributed by atoms with E-state index in [4.69, 9.17) is 14.5 Å². The number of hydrogen-bond donors (Lipinski definition) is 1. The van der Waals surface area contributed by atoms with Gasteiger partial charge in [-0.15, -0.1) is 12.4 Å². The molecule has 0 fully saturated rings. The molecule has 34 heavy (non-hydrogen) atoms. The van der Waals surface area contributed by atoms with Crippen molar-refractivity contribution in [3.05, 3.63) is 102 Å². The molecule has 174 valence electrons. The molecule has 4 aromatic carbocycles. The van der Waals surface area contributed by atoms with Crippen LogP contribution in [-0.4, -0.2) is 25.1 Å². The molecule has 6 heteroatoms. The number of para-hydroxylation sites is 1. The molecule has 1 heterocycles. The number of guanidine groups is 1. The molecule has 1 N–H and O–H groups in total. The summed E-state index contributed by atoms with van der Waals surface area (Å²) in [5.41, 5.74) is 4.44. The van der Waals surface area contributed by atoms with Crippen LogP contribution >= 0.6 is 12.4 Å². The monoisotopic (exact) mass is 473 g/mol. The van der Waals surface area contributed by atoms with E-state index in [1.165, 1.54) is 21.9 Å². The highest BCUT2D eigenvalue weighted by molar-refractivity contribution is 5.88. The molecule has 0 amide bonds. The van der Waals surface area contributed by atoms with Gasteiger partial charge in [0, 0.05) is 13.1 Å². The summed E-state index contributed by atoms with van der Waals surface area (Å²) >= 11 is 0. The lowest BCUT2D eigenvalue weighted by molar-refractivity contribution is 0.343. The lowest BCUT2D eigenvalue weighted by atomic mass is 10.0. The van der Waals surface area contributed by atoms with Crippen LogP contribution in [0.15, 0.2) is 89.9 Å². The van der Waals surface area contributed by atoms with Gasteiger partial charge in [0.25, 0.3) is 0 Å². The van der Waals surface area contributed by atoms with E-state index in [1.807, 2.05) is 24.3 Å². The van der Waals surface area contributed by atoms with E-state index < -0.39 is 0 Å². The fraction of sp³-hybridized carbons (Fsp3) is 0.179. The van der Waals surface area contributed by atoms with Gasteiger partial charge < -0.3 is 19.7 Å². The predicted octanol–water partition coefficient (Wildman–Crippen LogP) is 6.07. The van der Waals surface area contributed by atoms with E-state index in [0.717, 1.165) is 35.3 Å². The van der Waals surface area contributed by atoms with Crippen molar-refractivity contribution in [3.63, 3.8) is 0 Å². The number of nitrogens with zero attached hydrogens (tertiary/aromatic N) is 2. The normalized spacial score (nSPS) is 12.4. The number of benzene rings is 4. The molecular formula is C28H28ClN3O2. The Morgan fingerprint density at radius 2 is 1.50 bits per heavy atom. The van der Waals surface area contributed by atoms with E-state index >= 15 is 0 Å². The highest BCUT2D eigenvalue weighted by Crippen LogP contribution is 2.33. The average molecular weight is 474 g/mol. The minimum Gasteiger partial charge on any atom is -0.496 e. The number of hydrogen-bond acceptors (Lipinski definition) is 5. The molecule has 0 aromatic heterocycles. The maximum absolute atomic E-state index is 5.64. The Bertz CT molecular complexity index is 1290. The predicted molar refractivity (Wildman–Crippen MR) is 140 cm³/mol. The molecule has 0 atom stereocenters. The number of fused-ring (bicyclic) bond motifs is 2. The van der Waals surface area contributed by atoms with Crippen LogP contribution in [0.2, 0.25) is 0 Å². The van der Waals surface area contributed by atoms with E-state index in [1.54, 1.807) is 14.2 Å². The lowest BCUT2D eigenvalue weighted by Gasteiger charge is -2.32. The number of ether oxygens (including phenoxy) is 2. The molecule has 0 spiro atoms. The SMILES string of the molecule is COc1cccc(OC)c1CN1Cc2ccccc2N=C1NCc1cccc2ccccc12.Cl. The Labute approximate surface area is 206 Å². The summed E-state index contributed by atoms with van der Waals surface area (Å²) in [6.45, 7) is 2.05. The maximum Gasteiger partial charge on any atom is 0.200 e. The third kappa shape index (κ3) is 4.66. The van der Waals surface area contributed by atoms with Gasteiger partial charge in [0.05, 0.1) is 32.0 Å². The second-order valence-corrected chi connectivity index (χ2v) is 8.05. The Kier molecular flexibility index (Phi) is 7.24. The van der Waals surface area contributed by atoms with Crippen molar-refractivity contribution < 1.29 is 9.47 Å². The average Bonchev–Trinajstić information content (AvgIpc) is 2.87. The number of nitrogens with one attached hydrogen (secondary N) is 1. The molecule has 0 aliphatic carbocycles. The van der Waals surface area contributed by atoms with Crippen LogP contribution in [0, 0.1) is 0 Å². The Hall–Kier alpha value is -3.70. The second-order valence-electron chi connectivity index (χ2n) is 8.05. The van der Waals surface area contributed by atoms with Crippen molar-refractivity contribution >= 4 is 34.8 Å². The van der Waals surface area contributed by atoms with Gasteiger partial charge in [-0.05, 0) is 40.1 Å². The van der Waals surface area contributed by atoms with Gasteiger partial charge in [-0.25, -0.2) is 4.99 Å². The molecule has 0 bridgehead atoms. The van der Waals surface area contributed by atoms with Crippen molar-refractivity contribution in [1.82, 2.24) is 10.2 Å². The fourth-order valence-electron chi connectivity index (χ4n) is 4.40. The summed E-state index contributed by atoms with van der Waals surface area (Å²) in [5.74, 6) is 2.46. The van der Waals surface area contributed by atoms with Crippen molar-refractivity contribution in [1.29, 1.82) is 0 Å². The highest BCUT2D eigenvalue weighted by atomic mass is 35.5. The van der Waals surface area contributed by atoms with Gasteiger partial charge in [-0.1, -0.05) is 66.7 Å². The first kappa shape index (κ1) is 23.5. The first-order chi connectivity index (χ1) is 16.3. The van der Waals surface area contributed by atoms with Gasteiger partial charge in [-0.2, -0.15) is 0 Å². The lowest BCUT2D eigenvalue weighted by Crippen LogP contribution is -2.41. The molecule has 0 saturated carbocycles.